The summed E-state index contributed by atoms with van der Waals surface area (Å²) < 4.78 is 11.0. The molecule has 0 aromatic carbocycles. The molecule has 2 fully saturated rings. The highest BCUT2D eigenvalue weighted by Crippen LogP contribution is 2.12. The normalized spacial score (nSPS) is 23.6. The molecule has 0 bridgehead atoms. The number of nitrogens with zero attached hydrogens (tertiary/aromatic N) is 2. The summed E-state index contributed by atoms with van der Waals surface area (Å²) in [6, 6.07) is 0. The van der Waals surface area contributed by atoms with E-state index in [1.807, 2.05) is 0 Å². The van der Waals surface area contributed by atoms with Gasteiger partial charge < -0.3 is 19.7 Å². The van der Waals surface area contributed by atoms with Crippen molar-refractivity contribution in [2.75, 3.05) is 52.6 Å². The summed E-state index contributed by atoms with van der Waals surface area (Å²) in [7, 11) is 0. The Bertz CT molecular complexity index is 285. The van der Waals surface area contributed by atoms with Crippen LogP contribution < -0.4 is 5.32 Å². The molecule has 2 rings (SSSR count). The van der Waals surface area contributed by atoms with Crippen LogP contribution in [0.25, 0.3) is 0 Å². The largest absolute Gasteiger partial charge is 0.381 e. The maximum absolute atomic E-state index is 5.70. The second-order valence-electron chi connectivity index (χ2n) is 5.59. The average molecular weight is 283 g/mol. The number of likely N-dealkylation sites (tertiary alicyclic amines) is 1. The molecular weight excluding hydrogens is 254 g/mol. The van der Waals surface area contributed by atoms with Gasteiger partial charge in [-0.15, -0.1) is 0 Å². The maximum Gasteiger partial charge on any atom is 0.193 e. The Labute approximate surface area is 122 Å². The van der Waals surface area contributed by atoms with E-state index >= 15 is 0 Å². The van der Waals surface area contributed by atoms with Crippen molar-refractivity contribution in [2.24, 2.45) is 10.9 Å². The molecule has 1 N–H and O–H groups in total. The second kappa shape index (κ2) is 9.19. The van der Waals surface area contributed by atoms with Crippen LogP contribution in [0.4, 0.5) is 0 Å². The highest BCUT2D eigenvalue weighted by atomic mass is 16.5. The van der Waals surface area contributed by atoms with Gasteiger partial charge in [0.25, 0.3) is 0 Å². The zero-order valence-corrected chi connectivity index (χ0v) is 12.8. The van der Waals surface area contributed by atoms with Crippen LogP contribution in [-0.4, -0.2) is 63.5 Å². The zero-order chi connectivity index (χ0) is 14.0. The van der Waals surface area contributed by atoms with Crippen LogP contribution in [0.3, 0.4) is 0 Å². The van der Waals surface area contributed by atoms with Crippen molar-refractivity contribution in [3.63, 3.8) is 0 Å². The van der Waals surface area contributed by atoms with Crippen LogP contribution >= 0.6 is 0 Å². The number of nitrogens with one attached hydrogen (secondary N) is 1. The molecule has 0 radical (unpaired) electrons. The van der Waals surface area contributed by atoms with E-state index in [9.17, 15) is 0 Å². The summed E-state index contributed by atoms with van der Waals surface area (Å²) in [6.45, 7) is 9.62. The quantitative estimate of drug-likeness (QED) is 0.437. The SMILES string of the molecule is CCNC(=NCCCOCC1CCOC1)N1CCCC1. The topological polar surface area (TPSA) is 46.1 Å². The van der Waals surface area contributed by atoms with Gasteiger partial charge in [-0.1, -0.05) is 0 Å². The minimum Gasteiger partial charge on any atom is -0.381 e. The molecule has 2 saturated heterocycles. The molecule has 2 heterocycles. The fourth-order valence-electron chi connectivity index (χ4n) is 2.67. The average Bonchev–Trinajstić information content (AvgIpc) is 3.13. The van der Waals surface area contributed by atoms with Crippen LogP contribution in [0.2, 0.25) is 0 Å². The third kappa shape index (κ3) is 5.29. The Morgan fingerprint density at radius 2 is 2.25 bits per heavy atom. The second-order valence-corrected chi connectivity index (χ2v) is 5.59. The monoisotopic (exact) mass is 283 g/mol. The van der Waals surface area contributed by atoms with E-state index in [0.29, 0.717) is 5.92 Å². The first kappa shape index (κ1) is 15.6. The number of aliphatic imine (C=N–C) groups is 1. The van der Waals surface area contributed by atoms with Gasteiger partial charge in [0.15, 0.2) is 5.96 Å². The van der Waals surface area contributed by atoms with Gasteiger partial charge in [0, 0.05) is 45.3 Å². The van der Waals surface area contributed by atoms with E-state index in [1.54, 1.807) is 0 Å². The molecule has 5 heteroatoms. The Morgan fingerprint density at radius 3 is 2.95 bits per heavy atom. The van der Waals surface area contributed by atoms with E-state index in [1.165, 1.54) is 12.8 Å². The van der Waals surface area contributed by atoms with Crippen LogP contribution in [0, 0.1) is 5.92 Å². The fraction of sp³-hybridized carbons (Fsp3) is 0.933. The molecule has 0 saturated carbocycles. The van der Waals surface area contributed by atoms with Gasteiger partial charge in [0.2, 0.25) is 0 Å². The number of guanidine groups is 1. The number of ether oxygens (including phenoxy) is 2. The van der Waals surface area contributed by atoms with Crippen LogP contribution in [0.1, 0.15) is 32.6 Å². The Hall–Kier alpha value is -0.810. The summed E-state index contributed by atoms with van der Waals surface area (Å²) in [5.41, 5.74) is 0. The zero-order valence-electron chi connectivity index (χ0n) is 12.8. The lowest BCUT2D eigenvalue weighted by atomic mass is 10.1. The summed E-state index contributed by atoms with van der Waals surface area (Å²) in [6.07, 6.45) is 4.72. The lowest BCUT2D eigenvalue weighted by molar-refractivity contribution is 0.0893. The lowest BCUT2D eigenvalue weighted by Gasteiger charge is -2.20. The van der Waals surface area contributed by atoms with Gasteiger partial charge in [-0.2, -0.15) is 0 Å². The molecule has 0 aromatic rings. The van der Waals surface area contributed by atoms with Gasteiger partial charge >= 0.3 is 0 Å². The van der Waals surface area contributed by atoms with Crippen LogP contribution in [-0.2, 0) is 9.47 Å². The first-order chi connectivity index (χ1) is 9.90. The first-order valence-corrected chi connectivity index (χ1v) is 8.09. The Kier molecular flexibility index (Phi) is 7.15. The smallest absolute Gasteiger partial charge is 0.193 e. The van der Waals surface area contributed by atoms with Gasteiger partial charge in [-0.3, -0.25) is 4.99 Å². The van der Waals surface area contributed by atoms with Gasteiger partial charge in [0.05, 0.1) is 13.2 Å². The molecule has 2 aliphatic rings. The van der Waals surface area contributed by atoms with E-state index in [-0.39, 0.29) is 0 Å². The molecule has 5 nitrogen and oxygen atoms in total. The molecule has 1 atom stereocenters. The molecule has 2 aliphatic heterocycles. The lowest BCUT2D eigenvalue weighted by Crippen LogP contribution is -2.39. The summed E-state index contributed by atoms with van der Waals surface area (Å²) in [5, 5.41) is 3.38. The fourth-order valence-corrected chi connectivity index (χ4v) is 2.67. The van der Waals surface area contributed by atoms with Crippen molar-refractivity contribution >= 4 is 5.96 Å². The van der Waals surface area contributed by atoms with Crippen molar-refractivity contribution in [3.8, 4) is 0 Å². The van der Waals surface area contributed by atoms with E-state index in [2.05, 4.69) is 17.1 Å². The van der Waals surface area contributed by atoms with Crippen molar-refractivity contribution in [1.82, 2.24) is 10.2 Å². The highest BCUT2D eigenvalue weighted by molar-refractivity contribution is 5.80. The summed E-state index contributed by atoms with van der Waals surface area (Å²) in [4.78, 5) is 7.05. The van der Waals surface area contributed by atoms with Gasteiger partial charge in [-0.25, -0.2) is 0 Å². The number of hydrogen-bond donors (Lipinski definition) is 1. The third-order valence-corrected chi connectivity index (χ3v) is 3.83. The van der Waals surface area contributed by atoms with Gasteiger partial charge in [0.1, 0.15) is 0 Å². The van der Waals surface area contributed by atoms with Gasteiger partial charge in [-0.05, 0) is 32.6 Å². The first-order valence-electron chi connectivity index (χ1n) is 8.09. The molecular formula is C15H29N3O2. The standard InChI is InChI=1S/C15H29N3O2/c1-2-16-15(18-8-3-4-9-18)17-7-5-10-19-12-14-6-11-20-13-14/h14H,2-13H2,1H3,(H,16,17). The van der Waals surface area contributed by atoms with Crippen LogP contribution in [0.5, 0.6) is 0 Å². The Balaban J connectivity index is 1.57. The predicted octanol–water partition coefficient (Wildman–Crippen LogP) is 1.49. The molecule has 0 aliphatic carbocycles. The summed E-state index contributed by atoms with van der Waals surface area (Å²) >= 11 is 0. The van der Waals surface area contributed by atoms with E-state index in [4.69, 9.17) is 14.5 Å². The molecule has 116 valence electrons. The summed E-state index contributed by atoms with van der Waals surface area (Å²) in [5.74, 6) is 1.69. The molecule has 0 aromatic heterocycles. The predicted molar refractivity (Wildman–Crippen MR) is 81.1 cm³/mol. The Morgan fingerprint density at radius 1 is 1.40 bits per heavy atom. The van der Waals surface area contributed by atoms with Crippen molar-refractivity contribution < 1.29 is 9.47 Å². The third-order valence-electron chi connectivity index (χ3n) is 3.83. The van der Waals surface area contributed by atoms with E-state index in [0.717, 1.165) is 71.4 Å². The van der Waals surface area contributed by atoms with Crippen molar-refractivity contribution in [1.29, 1.82) is 0 Å². The number of hydrogen-bond acceptors (Lipinski definition) is 3. The van der Waals surface area contributed by atoms with Crippen LogP contribution in [0.15, 0.2) is 4.99 Å². The molecule has 0 spiro atoms. The molecule has 1 unspecified atom stereocenters. The van der Waals surface area contributed by atoms with Crippen molar-refractivity contribution in [2.45, 2.75) is 32.6 Å². The van der Waals surface area contributed by atoms with E-state index < -0.39 is 0 Å². The minimum absolute atomic E-state index is 0.612. The number of rotatable bonds is 7. The van der Waals surface area contributed by atoms with Crippen molar-refractivity contribution in [3.05, 3.63) is 0 Å². The minimum atomic E-state index is 0.612. The molecule has 0 amide bonds. The maximum atomic E-state index is 5.70. The highest BCUT2D eigenvalue weighted by Gasteiger charge is 2.16. The molecule has 20 heavy (non-hydrogen) atoms.